The Morgan fingerprint density at radius 3 is 2.61 bits per heavy atom. The number of amides is 2. The summed E-state index contributed by atoms with van der Waals surface area (Å²) in [4.78, 5) is 11.8. The molecule has 0 aliphatic carbocycles. The van der Waals surface area contributed by atoms with Gasteiger partial charge < -0.3 is 20.5 Å². The number of aliphatic hydroxyl groups is 1. The summed E-state index contributed by atoms with van der Waals surface area (Å²) in [5.74, 6) is -0.961. The fourth-order valence-electron chi connectivity index (χ4n) is 1.50. The Bertz CT molecular complexity index is 537. The van der Waals surface area contributed by atoms with Crippen LogP contribution in [-0.2, 0) is 0 Å². The summed E-state index contributed by atoms with van der Waals surface area (Å²) in [6.07, 6.45) is -2.72. The molecule has 23 heavy (non-hydrogen) atoms. The maximum absolute atomic E-state index is 13.2. The number of nitrogens with one attached hydrogen (secondary N) is 2. The molecular formula is C15H21F3N2O3. The van der Waals surface area contributed by atoms with Crippen LogP contribution in [0, 0.1) is 11.7 Å². The quantitative estimate of drug-likeness (QED) is 0.718. The van der Waals surface area contributed by atoms with Crippen molar-refractivity contribution in [3.05, 3.63) is 24.0 Å². The van der Waals surface area contributed by atoms with Gasteiger partial charge in [0.1, 0.15) is 18.2 Å². The molecular weight excluding hydrogens is 313 g/mol. The topological polar surface area (TPSA) is 70.6 Å². The second-order valence-corrected chi connectivity index (χ2v) is 5.66. The molecule has 0 saturated heterocycles. The molecule has 3 N–H and O–H groups in total. The maximum Gasteiger partial charge on any atom is 0.319 e. The lowest BCUT2D eigenvalue weighted by Gasteiger charge is -2.27. The van der Waals surface area contributed by atoms with Crippen molar-refractivity contribution in [3.63, 3.8) is 0 Å². The number of benzene rings is 1. The third-order valence-corrected chi connectivity index (χ3v) is 3.41. The predicted molar refractivity (Wildman–Crippen MR) is 80.4 cm³/mol. The Balaban J connectivity index is 2.70. The molecule has 0 radical (unpaired) electrons. The van der Waals surface area contributed by atoms with Crippen molar-refractivity contribution in [1.82, 2.24) is 5.32 Å². The van der Waals surface area contributed by atoms with E-state index in [0.29, 0.717) is 0 Å². The molecule has 0 spiro atoms. The van der Waals surface area contributed by atoms with E-state index < -0.39 is 30.5 Å². The van der Waals surface area contributed by atoms with Gasteiger partial charge in [0.05, 0.1) is 11.3 Å². The van der Waals surface area contributed by atoms with Gasteiger partial charge in [-0.3, -0.25) is 0 Å². The molecule has 0 aromatic heterocycles. The van der Waals surface area contributed by atoms with Crippen LogP contribution in [0.15, 0.2) is 18.2 Å². The average Bonchev–Trinajstić information content (AvgIpc) is 2.45. The van der Waals surface area contributed by atoms with Crippen LogP contribution in [0.3, 0.4) is 0 Å². The highest BCUT2D eigenvalue weighted by Gasteiger charge is 2.25. The average molecular weight is 334 g/mol. The molecule has 0 aliphatic rings. The second kappa shape index (κ2) is 8.05. The first kappa shape index (κ1) is 19.1. The van der Waals surface area contributed by atoms with Gasteiger partial charge in [0, 0.05) is 12.6 Å². The summed E-state index contributed by atoms with van der Waals surface area (Å²) in [6.45, 7) is 4.26. The molecule has 5 nitrogen and oxygen atoms in total. The van der Waals surface area contributed by atoms with Crippen LogP contribution in [0.1, 0.15) is 20.8 Å². The molecule has 0 bridgehead atoms. The molecule has 1 atom stereocenters. The van der Waals surface area contributed by atoms with Crippen molar-refractivity contribution in [2.45, 2.75) is 32.8 Å². The van der Waals surface area contributed by atoms with E-state index in [1.807, 2.05) is 0 Å². The molecule has 0 fully saturated rings. The van der Waals surface area contributed by atoms with Crippen molar-refractivity contribution in [2.75, 3.05) is 18.5 Å². The highest BCUT2D eigenvalue weighted by molar-refractivity contribution is 5.90. The monoisotopic (exact) mass is 334 g/mol. The molecule has 1 aromatic rings. The standard InChI is InChI=1S/C15H21F3N2O3/c1-9(2)15(3,22)8-19-14(21)20-11-5-4-10(16)6-12(11)23-7-13(17)18/h4-6,9,13,22H,7-8H2,1-3H3,(H2,19,20,21). The lowest BCUT2D eigenvalue weighted by atomic mass is 9.93. The van der Waals surface area contributed by atoms with Crippen molar-refractivity contribution < 1.29 is 27.8 Å². The van der Waals surface area contributed by atoms with Crippen LogP contribution < -0.4 is 15.4 Å². The summed E-state index contributed by atoms with van der Waals surface area (Å²) in [5, 5.41) is 14.9. The van der Waals surface area contributed by atoms with Crippen LogP contribution in [-0.4, -0.2) is 36.3 Å². The smallest absolute Gasteiger partial charge is 0.319 e. The van der Waals surface area contributed by atoms with Gasteiger partial charge in [-0.25, -0.2) is 18.0 Å². The highest BCUT2D eigenvalue weighted by atomic mass is 19.3. The van der Waals surface area contributed by atoms with E-state index in [2.05, 4.69) is 10.6 Å². The molecule has 1 aromatic carbocycles. The Morgan fingerprint density at radius 2 is 2.04 bits per heavy atom. The Kier molecular flexibility index (Phi) is 6.68. The van der Waals surface area contributed by atoms with E-state index in [9.17, 15) is 23.1 Å². The van der Waals surface area contributed by atoms with E-state index in [4.69, 9.17) is 4.74 Å². The van der Waals surface area contributed by atoms with Gasteiger partial charge in [-0.15, -0.1) is 0 Å². The number of ether oxygens (including phenoxy) is 1. The largest absolute Gasteiger partial charge is 0.485 e. The van der Waals surface area contributed by atoms with E-state index in [1.54, 1.807) is 20.8 Å². The van der Waals surface area contributed by atoms with Crippen molar-refractivity contribution >= 4 is 11.7 Å². The molecule has 1 rings (SSSR count). The third-order valence-electron chi connectivity index (χ3n) is 3.41. The van der Waals surface area contributed by atoms with Crippen LogP contribution in [0.4, 0.5) is 23.7 Å². The number of halogens is 3. The van der Waals surface area contributed by atoms with Crippen LogP contribution in [0.5, 0.6) is 5.75 Å². The Labute approximate surface area is 132 Å². The molecule has 8 heteroatoms. The highest BCUT2D eigenvalue weighted by Crippen LogP contribution is 2.26. The molecule has 2 amide bonds. The first-order chi connectivity index (χ1) is 10.6. The van der Waals surface area contributed by atoms with Crippen LogP contribution >= 0.6 is 0 Å². The number of urea groups is 1. The fourth-order valence-corrected chi connectivity index (χ4v) is 1.50. The Morgan fingerprint density at radius 1 is 1.39 bits per heavy atom. The zero-order chi connectivity index (χ0) is 17.6. The SMILES string of the molecule is CC(C)C(C)(O)CNC(=O)Nc1ccc(F)cc1OCC(F)F. The summed E-state index contributed by atoms with van der Waals surface area (Å²) in [5.41, 5.74) is -1.05. The Hall–Kier alpha value is -1.96. The molecule has 0 aliphatic heterocycles. The molecule has 1 unspecified atom stereocenters. The minimum absolute atomic E-state index is 0.00901. The minimum Gasteiger partial charge on any atom is -0.485 e. The van der Waals surface area contributed by atoms with Gasteiger partial charge in [-0.05, 0) is 25.0 Å². The van der Waals surface area contributed by atoms with E-state index in [0.717, 1.165) is 12.1 Å². The van der Waals surface area contributed by atoms with Gasteiger partial charge in [-0.2, -0.15) is 0 Å². The molecule has 0 saturated carbocycles. The van der Waals surface area contributed by atoms with Crippen LogP contribution in [0.2, 0.25) is 0 Å². The zero-order valence-corrected chi connectivity index (χ0v) is 13.2. The third kappa shape index (κ3) is 6.35. The van der Waals surface area contributed by atoms with E-state index >= 15 is 0 Å². The molecule has 130 valence electrons. The fraction of sp³-hybridized carbons (Fsp3) is 0.533. The lowest BCUT2D eigenvalue weighted by Crippen LogP contribution is -2.45. The lowest BCUT2D eigenvalue weighted by molar-refractivity contribution is 0.0170. The minimum atomic E-state index is -2.72. The number of carbonyl (C=O) groups excluding carboxylic acids is 1. The summed E-state index contributed by atoms with van der Waals surface area (Å²) >= 11 is 0. The zero-order valence-electron chi connectivity index (χ0n) is 13.2. The predicted octanol–water partition coefficient (Wildman–Crippen LogP) is 3.00. The summed E-state index contributed by atoms with van der Waals surface area (Å²) in [7, 11) is 0. The van der Waals surface area contributed by atoms with Crippen molar-refractivity contribution in [1.29, 1.82) is 0 Å². The van der Waals surface area contributed by atoms with Gasteiger partial charge in [0.25, 0.3) is 6.43 Å². The first-order valence-corrected chi connectivity index (χ1v) is 7.09. The number of rotatable bonds is 7. The second-order valence-electron chi connectivity index (χ2n) is 5.66. The number of hydrogen-bond acceptors (Lipinski definition) is 3. The van der Waals surface area contributed by atoms with Crippen molar-refractivity contribution in [3.8, 4) is 5.75 Å². The van der Waals surface area contributed by atoms with Gasteiger partial charge in [-0.1, -0.05) is 13.8 Å². The number of carbonyl (C=O) groups is 1. The number of hydrogen-bond donors (Lipinski definition) is 3. The number of anilines is 1. The summed E-state index contributed by atoms with van der Waals surface area (Å²) < 4.78 is 42.3. The molecule has 0 heterocycles. The first-order valence-electron chi connectivity index (χ1n) is 7.09. The van der Waals surface area contributed by atoms with E-state index in [1.165, 1.54) is 6.07 Å². The van der Waals surface area contributed by atoms with Gasteiger partial charge >= 0.3 is 6.03 Å². The van der Waals surface area contributed by atoms with Crippen molar-refractivity contribution in [2.24, 2.45) is 5.92 Å². The van der Waals surface area contributed by atoms with E-state index in [-0.39, 0.29) is 23.9 Å². The summed E-state index contributed by atoms with van der Waals surface area (Å²) in [6, 6.07) is 2.51. The number of alkyl halides is 2. The normalized spacial score (nSPS) is 13.8. The maximum atomic E-state index is 13.2. The van der Waals surface area contributed by atoms with Crippen LogP contribution in [0.25, 0.3) is 0 Å². The van der Waals surface area contributed by atoms with Gasteiger partial charge in [0.15, 0.2) is 0 Å². The van der Waals surface area contributed by atoms with Gasteiger partial charge in [0.2, 0.25) is 0 Å².